The van der Waals surface area contributed by atoms with Gasteiger partial charge in [0, 0.05) is 43.5 Å². The second-order valence-electron chi connectivity index (χ2n) is 7.51. The number of nitrogens with zero attached hydrogens (tertiary/aromatic N) is 3. The van der Waals surface area contributed by atoms with Gasteiger partial charge in [0.1, 0.15) is 11.4 Å². The Balaban J connectivity index is 2.03. The number of carboxylic acids is 1. The standard InChI is InChI=1S/C20H22FN3O3/c1-11-4-5-13-17-14(19(25)15(20(26)27)10-24(11)17)8-16(21)18(13)23-7-6-22(3)9-12(23)2/h4-5,8,10-12H,6-7,9H2,1-3H3,(H,26,27). The van der Waals surface area contributed by atoms with Gasteiger partial charge in [-0.3, -0.25) is 4.79 Å². The highest BCUT2D eigenvalue weighted by atomic mass is 19.1. The third-order valence-electron chi connectivity index (χ3n) is 5.61. The number of rotatable bonds is 2. The number of hydrogen-bond donors (Lipinski definition) is 1. The Kier molecular flexibility index (Phi) is 4.07. The summed E-state index contributed by atoms with van der Waals surface area (Å²) in [6.07, 6.45) is 5.14. The molecule has 1 aromatic carbocycles. The monoisotopic (exact) mass is 371 g/mol. The molecule has 1 N–H and O–H groups in total. The van der Waals surface area contributed by atoms with E-state index in [1.165, 1.54) is 12.3 Å². The van der Waals surface area contributed by atoms with E-state index in [1.54, 1.807) is 4.57 Å². The number of carbonyl (C=O) groups is 1. The Hall–Kier alpha value is -2.67. The Morgan fingerprint density at radius 1 is 1.30 bits per heavy atom. The molecule has 3 heterocycles. The van der Waals surface area contributed by atoms with Crippen molar-refractivity contribution in [2.24, 2.45) is 0 Å². The van der Waals surface area contributed by atoms with Crippen molar-refractivity contribution in [2.75, 3.05) is 31.6 Å². The number of likely N-dealkylation sites (N-methyl/N-ethyl adjacent to an activating group) is 1. The van der Waals surface area contributed by atoms with E-state index in [1.807, 2.05) is 31.0 Å². The smallest absolute Gasteiger partial charge is 0.341 e. The number of halogens is 1. The summed E-state index contributed by atoms with van der Waals surface area (Å²) in [4.78, 5) is 28.4. The van der Waals surface area contributed by atoms with Crippen LogP contribution in [0.3, 0.4) is 0 Å². The molecule has 2 aliphatic rings. The summed E-state index contributed by atoms with van der Waals surface area (Å²) in [5, 5.41) is 9.48. The minimum atomic E-state index is -1.30. The Labute approximate surface area is 156 Å². The van der Waals surface area contributed by atoms with Crippen LogP contribution in [0.4, 0.5) is 10.1 Å². The highest BCUT2D eigenvalue weighted by Crippen LogP contribution is 2.38. The molecular formula is C20H22FN3O3. The van der Waals surface area contributed by atoms with Crippen molar-refractivity contribution < 1.29 is 14.3 Å². The van der Waals surface area contributed by atoms with Gasteiger partial charge in [-0.25, -0.2) is 9.18 Å². The van der Waals surface area contributed by atoms with Gasteiger partial charge in [0.2, 0.25) is 5.43 Å². The summed E-state index contributed by atoms with van der Waals surface area (Å²) in [5.41, 5.74) is 0.753. The van der Waals surface area contributed by atoms with Gasteiger partial charge in [0.15, 0.2) is 0 Å². The molecule has 1 aromatic heterocycles. The van der Waals surface area contributed by atoms with Crippen LogP contribution in [0.5, 0.6) is 0 Å². The van der Waals surface area contributed by atoms with E-state index in [0.717, 1.165) is 13.1 Å². The maximum Gasteiger partial charge on any atom is 0.341 e. The van der Waals surface area contributed by atoms with Gasteiger partial charge < -0.3 is 19.5 Å². The summed E-state index contributed by atoms with van der Waals surface area (Å²) in [5.74, 6) is -1.79. The lowest BCUT2D eigenvalue weighted by Crippen LogP contribution is -2.51. The van der Waals surface area contributed by atoms with Crippen LogP contribution in [0.1, 0.15) is 35.8 Å². The molecule has 0 bridgehead atoms. The molecule has 0 aliphatic carbocycles. The first-order valence-corrected chi connectivity index (χ1v) is 9.07. The van der Waals surface area contributed by atoms with Crippen molar-refractivity contribution in [1.82, 2.24) is 9.47 Å². The zero-order valence-corrected chi connectivity index (χ0v) is 15.6. The Morgan fingerprint density at radius 3 is 2.70 bits per heavy atom. The summed E-state index contributed by atoms with van der Waals surface area (Å²) in [6, 6.07) is 1.20. The molecule has 1 saturated heterocycles. The van der Waals surface area contributed by atoms with Gasteiger partial charge >= 0.3 is 5.97 Å². The number of carboxylic acid groups (broad SMARTS) is 1. The normalized spacial score (nSPS) is 22.4. The number of benzene rings is 1. The van der Waals surface area contributed by atoms with Crippen LogP contribution in [-0.4, -0.2) is 53.3 Å². The van der Waals surface area contributed by atoms with Gasteiger partial charge in [-0.1, -0.05) is 12.2 Å². The van der Waals surface area contributed by atoms with Crippen molar-refractivity contribution in [3.05, 3.63) is 45.5 Å². The van der Waals surface area contributed by atoms with E-state index in [4.69, 9.17) is 0 Å². The highest BCUT2D eigenvalue weighted by Gasteiger charge is 2.30. The van der Waals surface area contributed by atoms with Crippen LogP contribution in [0.2, 0.25) is 0 Å². The quantitative estimate of drug-likeness (QED) is 0.879. The van der Waals surface area contributed by atoms with E-state index in [9.17, 15) is 14.7 Å². The van der Waals surface area contributed by atoms with Gasteiger partial charge in [0.05, 0.1) is 16.6 Å². The lowest BCUT2D eigenvalue weighted by atomic mass is 9.97. The molecule has 2 aliphatic heterocycles. The Bertz CT molecular complexity index is 1040. The van der Waals surface area contributed by atoms with Gasteiger partial charge in [-0.05, 0) is 27.0 Å². The maximum absolute atomic E-state index is 15.2. The van der Waals surface area contributed by atoms with Crippen LogP contribution in [0.25, 0.3) is 17.0 Å². The summed E-state index contributed by atoms with van der Waals surface area (Å²) < 4.78 is 17.0. The molecule has 6 nitrogen and oxygen atoms in total. The first kappa shape index (κ1) is 17.7. The zero-order chi connectivity index (χ0) is 19.5. The molecule has 27 heavy (non-hydrogen) atoms. The summed E-state index contributed by atoms with van der Waals surface area (Å²) >= 11 is 0. The number of aromatic nitrogens is 1. The fourth-order valence-electron chi connectivity index (χ4n) is 4.23. The van der Waals surface area contributed by atoms with Crippen molar-refractivity contribution in [3.8, 4) is 0 Å². The fourth-order valence-corrected chi connectivity index (χ4v) is 4.23. The molecule has 4 rings (SSSR count). The molecule has 0 amide bonds. The first-order chi connectivity index (χ1) is 12.8. The first-order valence-electron chi connectivity index (χ1n) is 9.07. The second kappa shape index (κ2) is 6.20. The van der Waals surface area contributed by atoms with E-state index >= 15 is 4.39 Å². The zero-order valence-electron chi connectivity index (χ0n) is 15.6. The largest absolute Gasteiger partial charge is 0.477 e. The maximum atomic E-state index is 15.2. The molecule has 1 fully saturated rings. The third-order valence-corrected chi connectivity index (χ3v) is 5.61. The average Bonchev–Trinajstić information content (AvgIpc) is 2.60. The molecule has 2 unspecified atom stereocenters. The topological polar surface area (TPSA) is 65.8 Å². The lowest BCUT2D eigenvalue weighted by Gasteiger charge is -2.41. The molecule has 7 heteroatoms. The van der Waals surface area contributed by atoms with Crippen LogP contribution in [0.15, 0.2) is 23.1 Å². The third kappa shape index (κ3) is 2.65. The van der Waals surface area contributed by atoms with Crippen molar-refractivity contribution in [3.63, 3.8) is 0 Å². The number of piperazine rings is 1. The van der Waals surface area contributed by atoms with E-state index in [0.29, 0.717) is 23.3 Å². The molecule has 0 saturated carbocycles. The predicted molar refractivity (Wildman–Crippen MR) is 103 cm³/mol. The summed E-state index contributed by atoms with van der Waals surface area (Å²) in [7, 11) is 2.04. The van der Waals surface area contributed by atoms with Gasteiger partial charge in [-0.2, -0.15) is 0 Å². The predicted octanol–water partition coefficient (Wildman–Crippen LogP) is 2.57. The molecule has 142 valence electrons. The fraction of sp³-hybridized carbons (Fsp3) is 0.400. The number of aromatic carboxylic acids is 1. The molecule has 0 spiro atoms. The van der Waals surface area contributed by atoms with Crippen molar-refractivity contribution >= 4 is 28.6 Å². The van der Waals surface area contributed by atoms with E-state index in [-0.39, 0.29) is 23.0 Å². The Morgan fingerprint density at radius 2 is 2.04 bits per heavy atom. The van der Waals surface area contributed by atoms with Crippen molar-refractivity contribution in [2.45, 2.75) is 25.9 Å². The molecule has 2 aromatic rings. The number of allylic oxidation sites excluding steroid dienone is 1. The number of hydrogen-bond acceptors (Lipinski definition) is 4. The van der Waals surface area contributed by atoms with Gasteiger partial charge in [-0.15, -0.1) is 0 Å². The molecule has 0 radical (unpaired) electrons. The minimum Gasteiger partial charge on any atom is -0.477 e. The lowest BCUT2D eigenvalue weighted by molar-refractivity contribution is 0.0694. The van der Waals surface area contributed by atoms with E-state index in [2.05, 4.69) is 11.8 Å². The van der Waals surface area contributed by atoms with Crippen LogP contribution >= 0.6 is 0 Å². The molecule has 2 atom stereocenters. The van der Waals surface area contributed by atoms with Crippen LogP contribution in [0, 0.1) is 5.82 Å². The molecular weight excluding hydrogens is 349 g/mol. The van der Waals surface area contributed by atoms with E-state index < -0.39 is 17.2 Å². The second-order valence-corrected chi connectivity index (χ2v) is 7.51. The summed E-state index contributed by atoms with van der Waals surface area (Å²) in [6.45, 7) is 6.31. The van der Waals surface area contributed by atoms with Gasteiger partial charge in [0.25, 0.3) is 0 Å². The van der Waals surface area contributed by atoms with Crippen LogP contribution in [-0.2, 0) is 0 Å². The van der Waals surface area contributed by atoms with Crippen molar-refractivity contribution in [1.29, 1.82) is 0 Å². The number of anilines is 1. The SMILES string of the molecule is CC1CN(C)CCN1c1c(F)cc2c(=O)c(C(=O)O)cn3c2c1C=CC3C. The highest BCUT2D eigenvalue weighted by molar-refractivity contribution is 5.99. The van der Waals surface area contributed by atoms with Crippen LogP contribution < -0.4 is 10.3 Å². The minimum absolute atomic E-state index is 0.115. The average molecular weight is 371 g/mol. The number of pyridine rings is 1.